The van der Waals surface area contributed by atoms with Crippen LogP contribution in [-0.2, 0) is 10.0 Å². The molecule has 0 radical (unpaired) electrons. The number of nitrogens with zero attached hydrogens (tertiary/aromatic N) is 4. The predicted octanol–water partition coefficient (Wildman–Crippen LogP) is 5.43. The maximum Gasteiger partial charge on any atom is 0.238 e. The van der Waals surface area contributed by atoms with Crippen molar-refractivity contribution in [2.75, 3.05) is 31.1 Å². The summed E-state index contributed by atoms with van der Waals surface area (Å²) >= 11 is 6.04. The number of primary sulfonamides is 1. The Bertz CT molecular complexity index is 1760. The molecule has 1 fully saturated rings. The van der Waals surface area contributed by atoms with Gasteiger partial charge in [0.25, 0.3) is 0 Å². The lowest BCUT2D eigenvalue weighted by molar-refractivity contribution is 0.414. The van der Waals surface area contributed by atoms with E-state index in [1.807, 2.05) is 60.7 Å². The molecule has 10 nitrogen and oxygen atoms in total. The van der Waals surface area contributed by atoms with Crippen LogP contribution in [0.25, 0.3) is 0 Å². The molecule has 0 saturated carbocycles. The van der Waals surface area contributed by atoms with E-state index in [0.29, 0.717) is 51.1 Å². The average molecular weight is 602 g/mol. The van der Waals surface area contributed by atoms with E-state index in [1.165, 1.54) is 12.1 Å². The molecular formula is C30H27N5O5S2. The van der Waals surface area contributed by atoms with E-state index in [4.69, 9.17) is 41.6 Å². The maximum atomic E-state index is 11.9. The minimum atomic E-state index is -3.89. The SMILES string of the molecule is COc1ccc(N=C2C(=Nc3ccc(OC)cc3)N(c3ccc(S(N)(=O)=O)cc3)C(=S)N2c2ccc(OC)cc2)cc1. The minimum Gasteiger partial charge on any atom is -0.497 e. The molecule has 4 aromatic rings. The highest BCUT2D eigenvalue weighted by atomic mass is 32.2. The number of amidine groups is 2. The van der Waals surface area contributed by atoms with Crippen molar-refractivity contribution < 1.29 is 22.6 Å². The fourth-order valence-electron chi connectivity index (χ4n) is 4.22. The van der Waals surface area contributed by atoms with Gasteiger partial charge in [0, 0.05) is 0 Å². The molecule has 0 aliphatic carbocycles. The molecule has 0 unspecified atom stereocenters. The van der Waals surface area contributed by atoms with Crippen LogP contribution in [0.4, 0.5) is 22.7 Å². The van der Waals surface area contributed by atoms with Crippen LogP contribution in [0.1, 0.15) is 0 Å². The van der Waals surface area contributed by atoms with E-state index >= 15 is 0 Å². The number of rotatable bonds is 8. The summed E-state index contributed by atoms with van der Waals surface area (Å²) < 4.78 is 39.8. The number of ether oxygens (including phenoxy) is 3. The Balaban J connectivity index is 1.73. The van der Waals surface area contributed by atoms with Gasteiger partial charge in [0.1, 0.15) is 17.2 Å². The van der Waals surface area contributed by atoms with Gasteiger partial charge in [-0.1, -0.05) is 0 Å². The Kier molecular flexibility index (Phi) is 8.20. The zero-order valence-electron chi connectivity index (χ0n) is 23.0. The van der Waals surface area contributed by atoms with Gasteiger partial charge in [-0.2, -0.15) is 0 Å². The van der Waals surface area contributed by atoms with E-state index in [-0.39, 0.29) is 4.90 Å². The third-order valence-electron chi connectivity index (χ3n) is 6.38. The minimum absolute atomic E-state index is 0.0239. The van der Waals surface area contributed by atoms with E-state index < -0.39 is 10.0 Å². The number of aliphatic imine (C=N–C) groups is 2. The molecule has 1 saturated heterocycles. The first-order valence-electron chi connectivity index (χ1n) is 12.6. The summed E-state index contributed by atoms with van der Waals surface area (Å²) in [4.78, 5) is 13.5. The summed E-state index contributed by atoms with van der Waals surface area (Å²) in [6.45, 7) is 0. The van der Waals surface area contributed by atoms with Gasteiger partial charge in [0.05, 0.1) is 49.0 Å². The largest absolute Gasteiger partial charge is 0.497 e. The number of thiocarbonyl (C=S) groups is 1. The van der Waals surface area contributed by atoms with Gasteiger partial charge in [-0.15, -0.1) is 0 Å². The Morgan fingerprint density at radius 2 is 0.929 bits per heavy atom. The highest BCUT2D eigenvalue weighted by Crippen LogP contribution is 2.33. The van der Waals surface area contributed by atoms with Crippen molar-refractivity contribution >= 4 is 61.8 Å². The first-order chi connectivity index (χ1) is 20.2. The number of methoxy groups -OCH3 is 3. The highest BCUT2D eigenvalue weighted by molar-refractivity contribution is 7.89. The molecular weight excluding hydrogens is 574 g/mol. The number of hydrogen-bond donors (Lipinski definition) is 1. The standard InChI is InChI=1S/C30H27N5O5S2/c1-38-24-12-4-20(5-13-24)32-28-29(33-21-6-14-25(39-2)15-7-21)35(23-10-18-27(19-11-23)42(31,36)37)30(41)34(28)22-8-16-26(40-3)17-9-22/h4-19H,1-3H3,(H2,31,36,37). The number of anilines is 2. The second-order valence-electron chi connectivity index (χ2n) is 8.96. The first-order valence-corrected chi connectivity index (χ1v) is 14.5. The number of hydrogen-bond acceptors (Lipinski definition) is 8. The summed E-state index contributed by atoms with van der Waals surface area (Å²) in [7, 11) is 0.894. The summed E-state index contributed by atoms with van der Waals surface area (Å²) in [5, 5.41) is 5.69. The van der Waals surface area contributed by atoms with E-state index in [2.05, 4.69) is 0 Å². The van der Waals surface area contributed by atoms with Crippen LogP contribution in [0.3, 0.4) is 0 Å². The van der Waals surface area contributed by atoms with Crippen LogP contribution in [0.2, 0.25) is 0 Å². The van der Waals surface area contributed by atoms with E-state index in [9.17, 15) is 8.42 Å². The molecule has 1 aliphatic rings. The molecule has 2 N–H and O–H groups in total. The Morgan fingerprint density at radius 1 is 0.595 bits per heavy atom. The molecule has 42 heavy (non-hydrogen) atoms. The number of nitrogens with two attached hydrogens (primary N) is 1. The number of sulfonamides is 1. The van der Waals surface area contributed by atoms with Crippen molar-refractivity contribution in [2.24, 2.45) is 15.1 Å². The third-order valence-corrected chi connectivity index (χ3v) is 7.67. The normalized spacial score (nSPS) is 15.4. The van der Waals surface area contributed by atoms with Crippen LogP contribution in [0.5, 0.6) is 17.2 Å². The molecule has 5 rings (SSSR count). The highest BCUT2D eigenvalue weighted by Gasteiger charge is 2.40. The van der Waals surface area contributed by atoms with Gasteiger partial charge >= 0.3 is 0 Å². The third kappa shape index (κ3) is 5.96. The van der Waals surface area contributed by atoms with Crippen molar-refractivity contribution in [3.05, 3.63) is 97.1 Å². The fourth-order valence-corrected chi connectivity index (χ4v) is 5.12. The summed E-state index contributed by atoms with van der Waals surface area (Å²) in [6.07, 6.45) is 0. The molecule has 0 aromatic heterocycles. The van der Waals surface area contributed by atoms with Crippen LogP contribution in [0.15, 0.2) is 112 Å². The predicted molar refractivity (Wildman–Crippen MR) is 169 cm³/mol. The van der Waals surface area contributed by atoms with Crippen LogP contribution < -0.4 is 29.1 Å². The number of benzene rings is 4. The van der Waals surface area contributed by atoms with Gasteiger partial charge in [0.2, 0.25) is 10.0 Å². The van der Waals surface area contributed by atoms with Gasteiger partial charge in [-0.25, -0.2) is 23.5 Å². The molecule has 0 amide bonds. The van der Waals surface area contributed by atoms with Gasteiger partial charge in [-0.3, -0.25) is 9.80 Å². The molecule has 1 heterocycles. The molecule has 0 bridgehead atoms. The molecule has 0 spiro atoms. The molecule has 4 aromatic carbocycles. The van der Waals surface area contributed by atoms with Crippen LogP contribution in [-0.4, -0.2) is 46.5 Å². The van der Waals surface area contributed by atoms with Gasteiger partial charge < -0.3 is 14.2 Å². The molecule has 1 aliphatic heterocycles. The second-order valence-corrected chi connectivity index (χ2v) is 10.9. The van der Waals surface area contributed by atoms with Crippen LogP contribution in [0, 0.1) is 0 Å². The Labute approximate surface area is 249 Å². The lowest BCUT2D eigenvalue weighted by Gasteiger charge is -2.21. The quantitative estimate of drug-likeness (QED) is 0.266. The summed E-state index contributed by atoms with van der Waals surface area (Å²) in [6, 6.07) is 28.0. The first kappa shape index (κ1) is 28.7. The second kappa shape index (κ2) is 12.0. The van der Waals surface area contributed by atoms with Gasteiger partial charge in [-0.05, 0) is 109 Å². The van der Waals surface area contributed by atoms with Crippen molar-refractivity contribution in [3.8, 4) is 17.2 Å². The zero-order chi connectivity index (χ0) is 29.9. The average Bonchev–Trinajstić information content (AvgIpc) is 3.27. The monoisotopic (exact) mass is 601 g/mol. The van der Waals surface area contributed by atoms with Gasteiger partial charge in [0.15, 0.2) is 16.8 Å². The maximum absolute atomic E-state index is 11.9. The summed E-state index contributed by atoms with van der Waals surface area (Å²) in [5.74, 6) is 2.92. The molecule has 12 heteroatoms. The molecule has 214 valence electrons. The van der Waals surface area contributed by atoms with E-state index in [1.54, 1.807) is 55.4 Å². The topological polar surface area (TPSA) is 119 Å². The van der Waals surface area contributed by atoms with Crippen molar-refractivity contribution in [2.45, 2.75) is 4.90 Å². The molecule has 0 atom stereocenters. The lowest BCUT2D eigenvalue weighted by Crippen LogP contribution is -2.33. The van der Waals surface area contributed by atoms with Crippen molar-refractivity contribution in [3.63, 3.8) is 0 Å². The fraction of sp³-hybridized carbons (Fsp3) is 0.100. The lowest BCUT2D eigenvalue weighted by atomic mass is 10.2. The van der Waals surface area contributed by atoms with E-state index in [0.717, 1.165) is 5.69 Å². The van der Waals surface area contributed by atoms with Crippen molar-refractivity contribution in [1.82, 2.24) is 0 Å². The zero-order valence-corrected chi connectivity index (χ0v) is 24.6. The van der Waals surface area contributed by atoms with Crippen LogP contribution >= 0.6 is 12.2 Å². The Hall–Kier alpha value is -4.78. The Morgan fingerprint density at radius 3 is 1.26 bits per heavy atom. The van der Waals surface area contributed by atoms with Crippen molar-refractivity contribution in [1.29, 1.82) is 0 Å². The smallest absolute Gasteiger partial charge is 0.238 e. The summed E-state index contributed by atoms with van der Waals surface area (Å²) in [5.41, 5.74) is 2.55.